The second kappa shape index (κ2) is 7.36. The minimum absolute atomic E-state index is 0.0657. The van der Waals surface area contributed by atoms with E-state index >= 15 is 0 Å². The van der Waals surface area contributed by atoms with E-state index in [-0.39, 0.29) is 23.4 Å². The van der Waals surface area contributed by atoms with Crippen molar-refractivity contribution >= 4 is 23.1 Å². The fourth-order valence-electron chi connectivity index (χ4n) is 2.60. The van der Waals surface area contributed by atoms with Crippen molar-refractivity contribution in [2.45, 2.75) is 31.8 Å². The van der Waals surface area contributed by atoms with Crippen LogP contribution in [0.2, 0.25) is 0 Å². The number of nitrogens with one attached hydrogen (secondary N) is 1. The molecule has 1 aromatic rings. The SMILES string of the molecule is NC(=S)CC(=O)NC1CCCN(Cc2ccccc2)C1. The third-order valence-corrected chi connectivity index (χ3v) is 3.60. The molecule has 1 amide bonds. The van der Waals surface area contributed by atoms with Crippen LogP contribution >= 0.6 is 12.2 Å². The van der Waals surface area contributed by atoms with Gasteiger partial charge in [0, 0.05) is 19.1 Å². The maximum atomic E-state index is 11.7. The minimum Gasteiger partial charge on any atom is -0.393 e. The van der Waals surface area contributed by atoms with Crippen molar-refractivity contribution in [3.8, 4) is 0 Å². The Morgan fingerprint density at radius 2 is 2.15 bits per heavy atom. The predicted molar refractivity (Wildman–Crippen MR) is 84.3 cm³/mol. The molecule has 2 rings (SSSR count). The Morgan fingerprint density at radius 1 is 1.40 bits per heavy atom. The molecule has 3 N–H and O–H groups in total. The number of piperidine rings is 1. The van der Waals surface area contributed by atoms with E-state index in [1.54, 1.807) is 0 Å². The van der Waals surface area contributed by atoms with E-state index < -0.39 is 0 Å². The molecule has 1 fully saturated rings. The van der Waals surface area contributed by atoms with Crippen molar-refractivity contribution < 1.29 is 4.79 Å². The first-order chi connectivity index (χ1) is 9.63. The van der Waals surface area contributed by atoms with Crippen LogP contribution in [0.15, 0.2) is 30.3 Å². The zero-order valence-corrected chi connectivity index (χ0v) is 12.4. The molecule has 0 bridgehead atoms. The van der Waals surface area contributed by atoms with Crippen molar-refractivity contribution in [3.63, 3.8) is 0 Å². The number of thiocarbonyl (C=S) groups is 1. The van der Waals surface area contributed by atoms with E-state index in [4.69, 9.17) is 18.0 Å². The number of hydrogen-bond acceptors (Lipinski definition) is 3. The van der Waals surface area contributed by atoms with Crippen LogP contribution in [0.1, 0.15) is 24.8 Å². The van der Waals surface area contributed by atoms with Gasteiger partial charge in [0.05, 0.1) is 11.4 Å². The van der Waals surface area contributed by atoms with Crippen LogP contribution in [-0.2, 0) is 11.3 Å². The van der Waals surface area contributed by atoms with Gasteiger partial charge >= 0.3 is 0 Å². The molecule has 20 heavy (non-hydrogen) atoms. The summed E-state index contributed by atoms with van der Waals surface area (Å²) in [6, 6.07) is 10.6. The average molecular weight is 291 g/mol. The minimum atomic E-state index is -0.0657. The molecule has 1 aliphatic heterocycles. The number of benzene rings is 1. The van der Waals surface area contributed by atoms with Crippen molar-refractivity contribution in [1.82, 2.24) is 10.2 Å². The molecule has 1 unspecified atom stereocenters. The molecule has 108 valence electrons. The molecule has 1 saturated heterocycles. The number of carbonyl (C=O) groups is 1. The summed E-state index contributed by atoms with van der Waals surface area (Å²) in [6.45, 7) is 2.90. The van der Waals surface area contributed by atoms with Crippen LogP contribution in [0.3, 0.4) is 0 Å². The van der Waals surface area contributed by atoms with Crippen LogP contribution in [0, 0.1) is 0 Å². The predicted octanol–water partition coefficient (Wildman–Crippen LogP) is 1.44. The van der Waals surface area contributed by atoms with E-state index in [9.17, 15) is 4.79 Å². The topological polar surface area (TPSA) is 58.4 Å². The Balaban J connectivity index is 1.82. The molecule has 0 aromatic heterocycles. The number of amides is 1. The Kier molecular flexibility index (Phi) is 5.49. The van der Waals surface area contributed by atoms with Crippen molar-refractivity contribution in [2.75, 3.05) is 13.1 Å². The Labute approximate surface area is 125 Å². The Bertz CT molecular complexity index is 463. The molecule has 0 radical (unpaired) electrons. The lowest BCUT2D eigenvalue weighted by atomic mass is 10.0. The van der Waals surface area contributed by atoms with Crippen LogP contribution in [0.25, 0.3) is 0 Å². The number of nitrogens with zero attached hydrogens (tertiary/aromatic N) is 1. The van der Waals surface area contributed by atoms with Gasteiger partial charge in [0.2, 0.25) is 5.91 Å². The number of nitrogens with two attached hydrogens (primary N) is 1. The lowest BCUT2D eigenvalue weighted by molar-refractivity contribution is -0.120. The second-order valence-electron chi connectivity index (χ2n) is 5.27. The van der Waals surface area contributed by atoms with E-state index in [1.807, 2.05) is 6.07 Å². The zero-order valence-electron chi connectivity index (χ0n) is 11.5. The van der Waals surface area contributed by atoms with E-state index in [2.05, 4.69) is 34.5 Å². The summed E-state index contributed by atoms with van der Waals surface area (Å²) in [5.74, 6) is -0.0657. The largest absolute Gasteiger partial charge is 0.393 e. The molecule has 1 heterocycles. The molecular formula is C15H21N3OS. The molecular weight excluding hydrogens is 270 g/mol. The van der Waals surface area contributed by atoms with Crippen LogP contribution in [0.5, 0.6) is 0 Å². The monoisotopic (exact) mass is 291 g/mol. The smallest absolute Gasteiger partial charge is 0.227 e. The Morgan fingerprint density at radius 3 is 2.85 bits per heavy atom. The van der Waals surface area contributed by atoms with Gasteiger partial charge in [0.15, 0.2) is 0 Å². The van der Waals surface area contributed by atoms with Crippen LogP contribution in [-0.4, -0.2) is 34.9 Å². The second-order valence-corrected chi connectivity index (χ2v) is 5.79. The maximum absolute atomic E-state index is 11.7. The summed E-state index contributed by atoms with van der Waals surface area (Å²) < 4.78 is 0. The molecule has 1 aromatic carbocycles. The van der Waals surface area contributed by atoms with Gasteiger partial charge in [-0.2, -0.15) is 0 Å². The van der Waals surface area contributed by atoms with Gasteiger partial charge in [-0.25, -0.2) is 0 Å². The summed E-state index contributed by atoms with van der Waals surface area (Å²) in [5.41, 5.74) is 6.70. The highest BCUT2D eigenvalue weighted by Gasteiger charge is 2.21. The van der Waals surface area contributed by atoms with Crippen molar-refractivity contribution in [3.05, 3.63) is 35.9 Å². The van der Waals surface area contributed by atoms with E-state index in [0.29, 0.717) is 0 Å². The molecule has 1 atom stereocenters. The third-order valence-electron chi connectivity index (χ3n) is 3.45. The van der Waals surface area contributed by atoms with Gasteiger partial charge in [-0.05, 0) is 24.9 Å². The summed E-state index contributed by atoms with van der Waals surface area (Å²) in [6.07, 6.45) is 2.27. The maximum Gasteiger partial charge on any atom is 0.227 e. The number of rotatable bonds is 5. The highest BCUT2D eigenvalue weighted by atomic mass is 32.1. The van der Waals surface area contributed by atoms with Gasteiger partial charge in [-0.15, -0.1) is 0 Å². The summed E-state index contributed by atoms with van der Waals surface area (Å²) >= 11 is 4.76. The third kappa shape index (κ3) is 4.90. The van der Waals surface area contributed by atoms with Gasteiger partial charge in [0.1, 0.15) is 0 Å². The van der Waals surface area contributed by atoms with Gasteiger partial charge in [0.25, 0.3) is 0 Å². The van der Waals surface area contributed by atoms with E-state index in [0.717, 1.165) is 32.5 Å². The van der Waals surface area contributed by atoms with Crippen LogP contribution in [0.4, 0.5) is 0 Å². The molecule has 1 aliphatic rings. The standard InChI is InChI=1S/C15H21N3OS/c16-14(20)9-15(19)17-13-7-4-8-18(11-13)10-12-5-2-1-3-6-12/h1-3,5-6,13H,4,7-11H2,(H2,16,20)(H,17,19). The first kappa shape index (κ1) is 14.9. The van der Waals surface area contributed by atoms with Crippen molar-refractivity contribution in [2.24, 2.45) is 5.73 Å². The average Bonchev–Trinajstić information content (AvgIpc) is 2.39. The van der Waals surface area contributed by atoms with E-state index in [1.165, 1.54) is 5.56 Å². The Hall–Kier alpha value is -1.46. The number of carbonyl (C=O) groups excluding carboxylic acids is 1. The number of hydrogen-bond donors (Lipinski definition) is 2. The van der Waals surface area contributed by atoms with Gasteiger partial charge in [-0.1, -0.05) is 42.5 Å². The van der Waals surface area contributed by atoms with Crippen LogP contribution < -0.4 is 11.1 Å². The quantitative estimate of drug-likeness (QED) is 0.806. The molecule has 0 saturated carbocycles. The van der Waals surface area contributed by atoms with Gasteiger partial charge < -0.3 is 11.1 Å². The highest BCUT2D eigenvalue weighted by molar-refractivity contribution is 7.80. The molecule has 0 aliphatic carbocycles. The lowest BCUT2D eigenvalue weighted by Gasteiger charge is -2.33. The summed E-state index contributed by atoms with van der Waals surface area (Å²) in [7, 11) is 0. The summed E-state index contributed by atoms with van der Waals surface area (Å²) in [5, 5.41) is 3.02. The number of likely N-dealkylation sites (tertiary alicyclic amines) is 1. The highest BCUT2D eigenvalue weighted by Crippen LogP contribution is 2.13. The fourth-order valence-corrected chi connectivity index (χ4v) is 2.73. The molecule has 5 heteroatoms. The summed E-state index contributed by atoms with van der Waals surface area (Å²) in [4.78, 5) is 14.3. The first-order valence-corrected chi connectivity index (χ1v) is 7.38. The fraction of sp³-hybridized carbons (Fsp3) is 0.467. The first-order valence-electron chi connectivity index (χ1n) is 6.97. The molecule has 4 nitrogen and oxygen atoms in total. The normalized spacial score (nSPS) is 19.5. The molecule has 0 spiro atoms. The van der Waals surface area contributed by atoms with Crippen molar-refractivity contribution in [1.29, 1.82) is 0 Å². The lowest BCUT2D eigenvalue weighted by Crippen LogP contribution is -2.47. The van der Waals surface area contributed by atoms with Gasteiger partial charge in [-0.3, -0.25) is 9.69 Å². The zero-order chi connectivity index (χ0) is 14.4.